The summed E-state index contributed by atoms with van der Waals surface area (Å²) in [6.07, 6.45) is 0. The summed E-state index contributed by atoms with van der Waals surface area (Å²) in [6, 6.07) is 18.1. The minimum absolute atomic E-state index is 0.506. The summed E-state index contributed by atoms with van der Waals surface area (Å²) in [4.78, 5) is 139. The minimum Gasteiger partial charge on any atom is -0.416 e. The molecular weight excluding hydrogens is 1820 g/mol. The van der Waals surface area contributed by atoms with Crippen molar-refractivity contribution in [2.45, 2.75) is 262 Å². The zero-order chi connectivity index (χ0) is 89.2. The summed E-state index contributed by atoms with van der Waals surface area (Å²) >= 11 is 0. The van der Waals surface area contributed by atoms with Crippen molar-refractivity contribution in [3.8, 4) is 0 Å². The van der Waals surface area contributed by atoms with Gasteiger partial charge in [-0.15, -0.1) is 0 Å². The molecule has 2 aromatic rings. The van der Waals surface area contributed by atoms with Crippen molar-refractivity contribution in [3.05, 3.63) is 60.7 Å². The molecule has 0 aliphatic heterocycles. The van der Waals surface area contributed by atoms with Crippen molar-refractivity contribution in [1.29, 1.82) is 0 Å². The zero-order valence-electron chi connectivity index (χ0n) is 74.3. The predicted octanol–water partition coefficient (Wildman–Crippen LogP) is 7.55. The van der Waals surface area contributed by atoms with E-state index in [0.717, 1.165) is 5.19 Å². The summed E-state index contributed by atoms with van der Waals surface area (Å²) < 4.78 is 108. The van der Waals surface area contributed by atoms with Gasteiger partial charge in [0, 0.05) is 37.7 Å². The molecule has 0 aromatic heterocycles. The van der Waals surface area contributed by atoms with Gasteiger partial charge in [-0.05, 0) is 249 Å². The van der Waals surface area contributed by atoms with E-state index in [1.54, 1.807) is 214 Å². The molecule has 0 amide bonds. The molecule has 656 valence electrons. The largest absolute Gasteiger partial charge is 0.519 e. The fourth-order valence-corrected chi connectivity index (χ4v) is 89.6. The number of hydrogen-bond donors (Lipinski definition) is 14. The maximum absolute atomic E-state index is 11.0. The minimum atomic E-state index is -3.84. The summed E-state index contributed by atoms with van der Waals surface area (Å²) in [6.45, 7) is 68.5. The highest BCUT2D eigenvalue weighted by Crippen LogP contribution is 2.29. The normalized spacial score (nSPS) is 16.4. The monoisotopic (exact) mass is 1970 g/mol. The molecule has 0 aliphatic rings. The van der Waals surface area contributed by atoms with Gasteiger partial charge in [-0.1, -0.05) is 60.7 Å². The lowest BCUT2D eigenvalue weighted by Gasteiger charge is -2.39. The lowest BCUT2D eigenvalue weighted by atomic mass is 10.4. The molecule has 0 saturated carbocycles. The smallest absolute Gasteiger partial charge is 0.416 e. The molecule has 4 unspecified atom stereocenters. The first kappa shape index (κ1) is 118. The molecule has 110 heavy (non-hydrogen) atoms. The molecule has 0 saturated heterocycles. The summed E-state index contributed by atoms with van der Waals surface area (Å²) in [7, 11) is -61.3. The van der Waals surface area contributed by atoms with Gasteiger partial charge in [-0.2, -0.15) is 0 Å². The first-order valence-corrected chi connectivity index (χ1v) is 97.6. The van der Waals surface area contributed by atoms with E-state index in [2.05, 4.69) is 0 Å². The van der Waals surface area contributed by atoms with Crippen LogP contribution in [0.3, 0.4) is 0 Å². The van der Waals surface area contributed by atoms with Crippen LogP contribution in [0.2, 0.25) is 262 Å². The lowest BCUT2D eigenvalue weighted by molar-refractivity contribution is 0.170. The van der Waals surface area contributed by atoms with Gasteiger partial charge in [0.25, 0.3) is 0 Å². The van der Waals surface area contributed by atoms with E-state index in [1.807, 2.05) is 102 Å². The Morgan fingerprint density at radius 3 is 0.627 bits per heavy atom. The van der Waals surface area contributed by atoms with Crippen molar-refractivity contribution < 1.29 is 146 Å². The first-order valence-electron chi connectivity index (χ1n) is 35.6. The van der Waals surface area contributed by atoms with Crippen LogP contribution < -0.4 is 10.4 Å². The van der Waals surface area contributed by atoms with Gasteiger partial charge in [-0.25, -0.2) is 0 Å². The summed E-state index contributed by atoms with van der Waals surface area (Å²) in [5.74, 6) is 0. The van der Waals surface area contributed by atoms with Crippen molar-refractivity contribution >= 4 is 208 Å². The molecule has 0 radical (unpaired) electrons. The second-order valence-electron chi connectivity index (χ2n) is 34.9. The van der Waals surface area contributed by atoms with Crippen LogP contribution in [0.4, 0.5) is 0 Å². The fourth-order valence-electron chi connectivity index (χ4n) is 10.6. The van der Waals surface area contributed by atoms with Gasteiger partial charge in [0.15, 0.2) is 0 Å². The Kier molecular flexibility index (Phi) is 47.3. The second kappa shape index (κ2) is 43.9. The highest BCUT2D eigenvalue weighted by molar-refractivity contribution is 6.93. The molecule has 56 heteroatoms. The predicted molar refractivity (Wildman–Crippen MR) is 483 cm³/mol. The molecule has 0 aliphatic carbocycles. The van der Waals surface area contributed by atoms with E-state index in [-0.39, 0.29) is 0 Å². The van der Waals surface area contributed by atoms with Gasteiger partial charge in [0.1, 0.15) is 0 Å². The molecule has 0 bridgehead atoms. The van der Waals surface area contributed by atoms with E-state index in [1.165, 1.54) is 20.8 Å². The number of rotatable bonds is 38. The van der Waals surface area contributed by atoms with Gasteiger partial charge < -0.3 is 146 Å². The molecule has 4 atom stereocenters. The Morgan fingerprint density at radius 1 is 0.182 bits per heavy atom. The molecule has 0 heterocycles. The lowest BCUT2D eigenvalue weighted by Crippen LogP contribution is -2.66. The Labute approximate surface area is 685 Å². The Bertz CT molecular complexity index is 2800. The Morgan fingerprint density at radius 2 is 0.391 bits per heavy atom. The SMILES string of the molecule is CO[Si](C)(O[Si](C)(C)O)O[Si](C)(C)O[Si](C)(C)O.CO[Si](O[Si](C)(C)O)(O[Si](C)(C)O[Si](C)(C)O)c1ccccc1.C[Si](C)(O)O[Si](C)(C)O[Si](C)(C)O.C[Si](C)(O)O[Si](C)(C)O[Si](C)(C)O[Si](C)(C)O.C[Si](C)(O)O[Si](C)(C)O[Si](C)(O)O[Si](C)(C)O.C[Si](C)(O)O[Si](C)(C)O[Si](O)(O[Si](C)(C)O)c1ccccc1. The van der Waals surface area contributed by atoms with Crippen LogP contribution in [-0.2, 0) is 78.8 Å². The van der Waals surface area contributed by atoms with Gasteiger partial charge >= 0.3 is 198 Å². The van der Waals surface area contributed by atoms with Gasteiger partial charge in [0.05, 0.1) is 0 Å². The fraction of sp³-hybridized carbons (Fsp3) is 0.778. The third-order valence-corrected chi connectivity index (χ3v) is 75.9. The van der Waals surface area contributed by atoms with Gasteiger partial charge in [0.2, 0.25) is 0 Å². The molecule has 2 rings (SSSR count). The average molecular weight is 1970 g/mol. The zero-order valence-corrected chi connectivity index (χ0v) is 97.3. The van der Waals surface area contributed by atoms with E-state index >= 15 is 0 Å². The maximum atomic E-state index is 11.0. The van der Waals surface area contributed by atoms with E-state index < -0.39 is 198 Å². The van der Waals surface area contributed by atoms with E-state index in [9.17, 15) is 67.1 Å². The van der Waals surface area contributed by atoms with E-state index in [0.29, 0.717) is 5.19 Å². The van der Waals surface area contributed by atoms with Crippen molar-refractivity contribution in [3.63, 3.8) is 0 Å². The van der Waals surface area contributed by atoms with Crippen molar-refractivity contribution in [1.82, 2.24) is 0 Å². The molecule has 33 nitrogen and oxygen atoms in total. The Hall–Kier alpha value is 2.11. The topological polar surface area (TPSA) is 459 Å². The highest BCUT2D eigenvalue weighted by Gasteiger charge is 2.55. The molecule has 0 spiro atoms. The Balaban J connectivity index is -0.000000618. The van der Waals surface area contributed by atoms with Crippen LogP contribution in [0, 0.1) is 0 Å². The third kappa shape index (κ3) is 68.7. The van der Waals surface area contributed by atoms with Crippen molar-refractivity contribution in [2.24, 2.45) is 0 Å². The molecule has 2 aromatic carbocycles. The summed E-state index contributed by atoms with van der Waals surface area (Å²) in [5, 5.41) is 1.27. The number of hydrogen-bond acceptors (Lipinski definition) is 33. The van der Waals surface area contributed by atoms with Crippen LogP contribution in [-0.4, -0.2) is 279 Å². The third-order valence-electron chi connectivity index (χ3n) is 10.6. The highest BCUT2D eigenvalue weighted by atomic mass is 28.5. The van der Waals surface area contributed by atoms with E-state index in [4.69, 9.17) is 78.8 Å². The van der Waals surface area contributed by atoms with Gasteiger partial charge in [-0.3, -0.25) is 0 Å². The molecule has 14 N–H and O–H groups in total. The quantitative estimate of drug-likeness (QED) is 0.0288. The summed E-state index contributed by atoms with van der Waals surface area (Å²) in [5.41, 5.74) is 0. The van der Waals surface area contributed by atoms with Crippen LogP contribution >= 0.6 is 0 Å². The molecular formula is C54H150O33Si23. The first-order chi connectivity index (χ1) is 47.4. The maximum Gasteiger partial charge on any atom is 0.519 e. The molecule has 0 fully saturated rings. The van der Waals surface area contributed by atoms with Crippen LogP contribution in [0.1, 0.15) is 0 Å². The van der Waals surface area contributed by atoms with Crippen LogP contribution in [0.5, 0.6) is 0 Å². The van der Waals surface area contributed by atoms with Crippen LogP contribution in [0.15, 0.2) is 60.7 Å². The van der Waals surface area contributed by atoms with Crippen LogP contribution in [0.25, 0.3) is 0 Å². The standard InChI is InChI=1S/C13H28O6Si4.C12H26O6Si4.C8H26O6Si4.C8H26O5Si4.C7H24O6Si4.C6H20O4Si3/c1-16-23(18-21(4,5)15,13-11-9-8-10-12-13)19-22(6,7)17-20(2,3)14;1-19(2,13)16-21(5,6)18-22(15,17-20(3,4)14)12-10-8-7-9-11-12;1-11-18(8,13-16(4,5)10)14-17(6,7)12-15(2,3)9;1-14(2,9)11-16(5,6)13-17(7,8)12-15(3,4)10;1-14(2,8)11-16(5,6)13-17(7,10)12-15(3,4)9;1-11(2,7)9-13(5,6)10-12(3,4)8/h8-12,14-15H,1-7H3;7-11,13-15H,1-6H3;9-10H,1-8H3;9-10H,1-8H3;8-10H,1-7H3;7-8H,1-6H3. The number of benzene rings is 2. The second-order valence-corrected chi connectivity index (χ2v) is 111. The van der Waals surface area contributed by atoms with Crippen molar-refractivity contribution in [2.75, 3.05) is 14.2 Å². The average Bonchev–Trinajstić information content (AvgIpc) is 0.789.